The van der Waals surface area contributed by atoms with Crippen LogP contribution in [-0.4, -0.2) is 56.4 Å². The fourth-order valence-electron chi connectivity index (χ4n) is 4.84. The summed E-state index contributed by atoms with van der Waals surface area (Å²) in [5, 5.41) is 21.4. The predicted octanol–water partition coefficient (Wildman–Crippen LogP) is 2.32. The van der Waals surface area contributed by atoms with Gasteiger partial charge in [0.1, 0.15) is 11.9 Å². The number of aromatic amines is 1. The van der Waals surface area contributed by atoms with Crippen molar-refractivity contribution in [2.45, 2.75) is 50.0 Å². The molecule has 12 heteroatoms. The third-order valence-electron chi connectivity index (χ3n) is 6.60. The highest BCUT2D eigenvalue weighted by Gasteiger charge is 2.60. The molecule has 2 fully saturated rings. The Balaban J connectivity index is 1.41. The van der Waals surface area contributed by atoms with Gasteiger partial charge in [-0.3, -0.25) is 14.4 Å². The van der Waals surface area contributed by atoms with Crippen LogP contribution in [0.25, 0.3) is 0 Å². The highest BCUT2D eigenvalue weighted by Crippen LogP contribution is 2.54. The fourth-order valence-corrected chi connectivity index (χ4v) is 4.84. The summed E-state index contributed by atoms with van der Waals surface area (Å²) in [5.74, 6) is -6.41. The lowest BCUT2D eigenvalue weighted by Crippen LogP contribution is -2.52. The summed E-state index contributed by atoms with van der Waals surface area (Å²) in [4.78, 5) is 39.7. The average Bonchev–Trinajstić information content (AvgIpc) is 3.43. The number of halogens is 3. The van der Waals surface area contributed by atoms with Crippen molar-refractivity contribution in [3.05, 3.63) is 41.5 Å². The lowest BCUT2D eigenvalue weighted by Gasteiger charge is -2.45. The van der Waals surface area contributed by atoms with Crippen molar-refractivity contribution >= 4 is 23.3 Å². The Bertz CT molecular complexity index is 1170. The molecule has 1 aliphatic carbocycles. The van der Waals surface area contributed by atoms with Crippen molar-refractivity contribution in [1.82, 2.24) is 20.3 Å². The molecule has 9 nitrogen and oxygen atoms in total. The summed E-state index contributed by atoms with van der Waals surface area (Å²) in [5.41, 5.74) is -1.04. The molecule has 34 heavy (non-hydrogen) atoms. The zero-order chi connectivity index (χ0) is 24.7. The first-order valence-electron chi connectivity index (χ1n) is 10.6. The summed E-state index contributed by atoms with van der Waals surface area (Å²) in [7, 11) is 0. The number of H-pyrrole nitrogens is 1. The van der Waals surface area contributed by atoms with Gasteiger partial charge >= 0.3 is 0 Å². The number of Topliss-reactive ketones (excluding diaryl/α,β-unsaturated/α-hetero) is 1. The summed E-state index contributed by atoms with van der Waals surface area (Å²) in [6, 6.07) is 4.65. The van der Waals surface area contributed by atoms with Crippen LogP contribution >= 0.6 is 0 Å². The van der Waals surface area contributed by atoms with Gasteiger partial charge in [-0.2, -0.15) is 20.7 Å². The van der Waals surface area contributed by atoms with Crippen molar-refractivity contribution in [2.24, 2.45) is 5.92 Å². The number of nitrogens with one attached hydrogen (secondary N) is 2. The van der Waals surface area contributed by atoms with Gasteiger partial charge in [-0.05, 0) is 31.5 Å². The van der Waals surface area contributed by atoms with E-state index in [1.165, 1.54) is 23.2 Å². The number of nitrogens with zero attached hydrogens (tertiary/aromatic N) is 4. The van der Waals surface area contributed by atoms with Crippen molar-refractivity contribution in [2.75, 3.05) is 11.9 Å². The quantitative estimate of drug-likeness (QED) is 0.618. The molecule has 2 atom stereocenters. The minimum atomic E-state index is -2.95. The van der Waals surface area contributed by atoms with E-state index < -0.39 is 66.0 Å². The average molecular weight is 474 g/mol. The van der Waals surface area contributed by atoms with Crippen LogP contribution in [0.2, 0.25) is 0 Å². The Morgan fingerprint density at radius 1 is 1.32 bits per heavy atom. The number of hydrogen-bond donors (Lipinski definition) is 2. The molecule has 1 saturated heterocycles. The molecule has 4 rings (SSSR count). The van der Waals surface area contributed by atoms with Gasteiger partial charge in [0, 0.05) is 43.0 Å². The molecule has 1 saturated carbocycles. The first-order chi connectivity index (χ1) is 16.0. The van der Waals surface area contributed by atoms with E-state index in [0.29, 0.717) is 0 Å². The van der Waals surface area contributed by atoms with E-state index in [1.54, 1.807) is 13.0 Å². The zero-order valence-electron chi connectivity index (χ0n) is 18.1. The van der Waals surface area contributed by atoms with Crippen LogP contribution in [0, 0.1) is 23.1 Å². The molecule has 2 aliphatic rings. The molecule has 1 aromatic heterocycles. The number of anilines is 1. The number of hydrogen-bond acceptors (Lipinski definition) is 6. The van der Waals surface area contributed by atoms with Crippen LogP contribution < -0.4 is 5.32 Å². The molecule has 2 N–H and O–H groups in total. The molecule has 178 valence electrons. The lowest BCUT2D eigenvalue weighted by atomic mass is 9.61. The van der Waals surface area contributed by atoms with Crippen LogP contribution in [0.4, 0.5) is 18.9 Å². The molecular weight excluding hydrogens is 453 g/mol. The minimum Gasteiger partial charge on any atom is -0.333 e. The summed E-state index contributed by atoms with van der Waals surface area (Å²) < 4.78 is 40.9. The lowest BCUT2D eigenvalue weighted by molar-refractivity contribution is -0.154. The summed E-state index contributed by atoms with van der Waals surface area (Å²) in [6.45, 7) is 1.77. The normalized spacial score (nSPS) is 22.5. The van der Waals surface area contributed by atoms with Gasteiger partial charge in [0.15, 0.2) is 0 Å². The monoisotopic (exact) mass is 474 g/mol. The molecule has 0 radical (unpaired) electrons. The van der Waals surface area contributed by atoms with E-state index in [-0.39, 0.29) is 29.9 Å². The van der Waals surface area contributed by atoms with Crippen molar-refractivity contribution in [3.8, 4) is 6.07 Å². The minimum absolute atomic E-state index is 0.143. The Morgan fingerprint density at radius 3 is 2.68 bits per heavy atom. The third-order valence-corrected chi connectivity index (χ3v) is 6.60. The number of aromatic nitrogens is 3. The Morgan fingerprint density at radius 2 is 2.06 bits per heavy atom. The summed E-state index contributed by atoms with van der Waals surface area (Å²) in [6.07, 6.45) is -0.0760. The second-order valence-electron chi connectivity index (χ2n) is 8.88. The molecule has 0 spiro atoms. The van der Waals surface area contributed by atoms with Crippen LogP contribution in [-0.2, 0) is 19.8 Å². The first-order valence-corrected chi connectivity index (χ1v) is 10.6. The van der Waals surface area contributed by atoms with Crippen molar-refractivity contribution in [3.63, 3.8) is 0 Å². The highest BCUT2D eigenvalue weighted by molar-refractivity contribution is 6.36. The number of carbonyl (C=O) groups is 3. The SMILES string of the molecule is C[C@H]1[C@@H](C(=O)Nc2ccc(F)c(C#N)c2)CCN1C(=O)C(=O)CC1(c2cn[nH]n2)CC(F)(F)C1. The van der Waals surface area contributed by atoms with Gasteiger partial charge in [0.2, 0.25) is 17.6 Å². The molecule has 1 aliphatic heterocycles. The van der Waals surface area contributed by atoms with E-state index in [9.17, 15) is 27.6 Å². The van der Waals surface area contributed by atoms with E-state index in [1.807, 2.05) is 0 Å². The molecule has 2 heterocycles. The smallest absolute Gasteiger partial charge is 0.290 e. The number of ketones is 1. The maximum absolute atomic E-state index is 13.7. The van der Waals surface area contributed by atoms with Gasteiger partial charge in [0.05, 0.1) is 23.4 Å². The van der Waals surface area contributed by atoms with Crippen LogP contribution in [0.1, 0.15) is 43.9 Å². The molecule has 2 aromatic rings. The number of carbonyl (C=O) groups excluding carboxylic acids is 3. The van der Waals surface area contributed by atoms with Gasteiger partial charge in [0.25, 0.3) is 5.91 Å². The molecule has 1 aromatic carbocycles. The molecule has 0 unspecified atom stereocenters. The Kier molecular flexibility index (Phi) is 5.89. The second-order valence-corrected chi connectivity index (χ2v) is 8.88. The van der Waals surface area contributed by atoms with Crippen LogP contribution in [0.5, 0.6) is 0 Å². The standard InChI is InChI=1S/C22H21F3N6O3/c1-12-15(19(33)28-14-2-3-16(23)13(6-14)8-26)4-5-31(12)20(34)17(32)7-21(10-22(24,25)11-21)18-9-27-30-29-18/h2-3,6,9,12,15H,4-5,7,10-11H2,1H3,(H,28,33)(H,27,29,30)/t12-,15-/m0/s1. The fraction of sp³-hybridized carbons (Fsp3) is 0.455. The largest absolute Gasteiger partial charge is 0.333 e. The predicted molar refractivity (Wildman–Crippen MR) is 111 cm³/mol. The number of benzene rings is 1. The number of alkyl halides is 2. The van der Waals surface area contributed by atoms with E-state index in [0.717, 1.165) is 6.07 Å². The first kappa shape index (κ1) is 23.4. The van der Waals surface area contributed by atoms with Crippen LogP contribution in [0.15, 0.2) is 24.4 Å². The number of amides is 2. The number of nitriles is 1. The van der Waals surface area contributed by atoms with E-state index in [4.69, 9.17) is 5.26 Å². The van der Waals surface area contributed by atoms with E-state index >= 15 is 0 Å². The maximum atomic E-state index is 13.7. The zero-order valence-corrected chi connectivity index (χ0v) is 18.1. The second kappa shape index (κ2) is 8.55. The Hall–Kier alpha value is -3.75. The topological polar surface area (TPSA) is 132 Å². The number of rotatable bonds is 6. The Labute approximate surface area is 192 Å². The van der Waals surface area contributed by atoms with Gasteiger partial charge in [-0.1, -0.05) is 0 Å². The van der Waals surface area contributed by atoms with Crippen LogP contribution in [0.3, 0.4) is 0 Å². The molecule has 0 bridgehead atoms. The number of likely N-dealkylation sites (tertiary alicyclic amines) is 1. The van der Waals surface area contributed by atoms with Gasteiger partial charge < -0.3 is 10.2 Å². The molecule has 2 amide bonds. The van der Waals surface area contributed by atoms with Gasteiger partial charge in [-0.25, -0.2) is 13.2 Å². The van der Waals surface area contributed by atoms with Gasteiger partial charge in [-0.15, -0.1) is 0 Å². The molecular formula is C22H21F3N6O3. The highest BCUT2D eigenvalue weighted by atomic mass is 19.3. The summed E-state index contributed by atoms with van der Waals surface area (Å²) >= 11 is 0. The van der Waals surface area contributed by atoms with Crippen molar-refractivity contribution in [1.29, 1.82) is 5.26 Å². The third kappa shape index (κ3) is 4.25. The maximum Gasteiger partial charge on any atom is 0.290 e. The van der Waals surface area contributed by atoms with E-state index in [2.05, 4.69) is 20.7 Å². The van der Waals surface area contributed by atoms with Crippen molar-refractivity contribution < 1.29 is 27.6 Å².